The second-order valence-electron chi connectivity index (χ2n) is 8.28. The molecule has 0 aliphatic carbocycles. The van der Waals surface area contributed by atoms with Crippen LogP contribution in [-0.4, -0.2) is 26.9 Å². The van der Waals surface area contributed by atoms with Gasteiger partial charge in [-0.1, -0.05) is 121 Å². The highest BCUT2D eigenvalue weighted by molar-refractivity contribution is 6.37. The standard InChI is InChI=1S/C17H18N2Si.C14H11B/c1-3-7-15(8-4-1)17(16-9-5-2-6-10-16)20-14-19-12-11-18-13-19;15-11-14(12-7-3-1-4-8-12)13-9-5-2-6-10-13/h1-13,17H,14,20H2;1-11H. The van der Waals surface area contributed by atoms with Gasteiger partial charge in [-0.05, 0) is 33.4 Å². The molecule has 5 aromatic rings. The van der Waals surface area contributed by atoms with Crippen LogP contribution in [0.1, 0.15) is 27.8 Å². The summed E-state index contributed by atoms with van der Waals surface area (Å²) in [6.45, 7) is 0. The quantitative estimate of drug-likeness (QED) is 0.266. The van der Waals surface area contributed by atoms with Gasteiger partial charge in [0.1, 0.15) is 7.85 Å². The molecule has 0 saturated heterocycles. The van der Waals surface area contributed by atoms with Gasteiger partial charge in [-0.3, -0.25) is 0 Å². The van der Waals surface area contributed by atoms with E-state index in [0.29, 0.717) is 5.54 Å². The first-order valence-electron chi connectivity index (χ1n) is 11.9. The SMILES string of the molecule is [B]C=C(c1ccccc1)c1ccccc1.c1ccc(C([SiH2]Cn2ccnc2)c2ccccc2)cc1. The molecule has 4 heteroatoms. The van der Waals surface area contributed by atoms with Crippen molar-refractivity contribution in [3.63, 3.8) is 0 Å². The molecule has 4 aromatic carbocycles. The summed E-state index contributed by atoms with van der Waals surface area (Å²) in [5.41, 5.74) is 6.80. The Bertz CT molecular complexity index is 1190. The van der Waals surface area contributed by atoms with Crippen LogP contribution < -0.4 is 0 Å². The molecule has 2 radical (unpaired) electrons. The van der Waals surface area contributed by atoms with E-state index in [1.165, 1.54) is 11.1 Å². The molecule has 0 aliphatic heterocycles. The molecule has 1 aromatic heterocycles. The third-order valence-electron chi connectivity index (χ3n) is 5.98. The smallest absolute Gasteiger partial charge is 0.103 e. The maximum atomic E-state index is 5.67. The Morgan fingerprint density at radius 3 is 1.57 bits per heavy atom. The van der Waals surface area contributed by atoms with Gasteiger partial charge in [0.25, 0.3) is 0 Å². The molecule has 0 spiro atoms. The van der Waals surface area contributed by atoms with E-state index in [1.807, 2.05) is 48.9 Å². The normalized spacial score (nSPS) is 10.7. The Balaban J connectivity index is 0.000000172. The highest BCUT2D eigenvalue weighted by Crippen LogP contribution is 2.24. The minimum Gasteiger partial charge on any atom is -0.341 e. The van der Waals surface area contributed by atoms with Crippen LogP contribution in [0.4, 0.5) is 0 Å². The second kappa shape index (κ2) is 13.1. The van der Waals surface area contributed by atoms with Crippen molar-refractivity contribution in [3.8, 4) is 0 Å². The van der Waals surface area contributed by atoms with E-state index in [9.17, 15) is 0 Å². The van der Waals surface area contributed by atoms with Crippen molar-refractivity contribution in [3.05, 3.63) is 168 Å². The molecule has 0 aliphatic rings. The van der Waals surface area contributed by atoms with Crippen molar-refractivity contribution in [1.82, 2.24) is 9.55 Å². The fraction of sp³-hybridized carbons (Fsp3) is 0.0645. The molecule has 0 atom stereocenters. The van der Waals surface area contributed by atoms with Gasteiger partial charge in [0.15, 0.2) is 0 Å². The van der Waals surface area contributed by atoms with Crippen molar-refractivity contribution < 1.29 is 0 Å². The number of benzene rings is 4. The monoisotopic (exact) mass is 468 g/mol. The van der Waals surface area contributed by atoms with Gasteiger partial charge in [0.2, 0.25) is 0 Å². The lowest BCUT2D eigenvalue weighted by molar-refractivity contribution is 0.858. The number of imidazole rings is 1. The zero-order valence-corrected chi connectivity index (χ0v) is 21.2. The zero-order chi connectivity index (χ0) is 24.1. The molecule has 0 bridgehead atoms. The lowest BCUT2D eigenvalue weighted by Gasteiger charge is -2.17. The van der Waals surface area contributed by atoms with Crippen molar-refractivity contribution in [2.45, 2.75) is 11.7 Å². The fourth-order valence-corrected chi connectivity index (χ4v) is 6.22. The van der Waals surface area contributed by atoms with Crippen molar-refractivity contribution in [2.75, 3.05) is 0 Å². The first-order chi connectivity index (χ1) is 17.3. The van der Waals surface area contributed by atoms with Crippen molar-refractivity contribution in [2.24, 2.45) is 0 Å². The third kappa shape index (κ3) is 7.05. The van der Waals surface area contributed by atoms with E-state index < -0.39 is 0 Å². The lowest BCUT2D eigenvalue weighted by Crippen LogP contribution is -2.15. The minimum absolute atomic E-state index is 0.317. The van der Waals surface area contributed by atoms with Gasteiger partial charge < -0.3 is 4.57 Å². The predicted octanol–water partition coefficient (Wildman–Crippen LogP) is 6.04. The molecule has 2 nitrogen and oxygen atoms in total. The third-order valence-corrected chi connectivity index (χ3v) is 8.27. The fourth-order valence-electron chi connectivity index (χ4n) is 4.19. The number of rotatable bonds is 7. The first kappa shape index (κ1) is 24.2. The van der Waals surface area contributed by atoms with Gasteiger partial charge in [-0.2, -0.15) is 0 Å². The average molecular weight is 468 g/mol. The topological polar surface area (TPSA) is 17.8 Å². The van der Waals surface area contributed by atoms with Crippen LogP contribution in [-0.2, 0) is 6.17 Å². The summed E-state index contributed by atoms with van der Waals surface area (Å²) in [6.07, 6.45) is 6.95. The number of hydrogen-bond donors (Lipinski definition) is 0. The molecule has 0 fully saturated rings. The molecule has 5 rings (SSSR count). The van der Waals surface area contributed by atoms with E-state index in [1.54, 1.807) is 5.98 Å². The molecule has 1 heterocycles. The molecule has 0 N–H and O–H groups in total. The van der Waals surface area contributed by atoms with Crippen LogP contribution >= 0.6 is 0 Å². The summed E-state index contributed by atoms with van der Waals surface area (Å²) >= 11 is 0. The molecule has 170 valence electrons. The maximum Gasteiger partial charge on any atom is 0.103 e. The van der Waals surface area contributed by atoms with Crippen LogP contribution in [0.3, 0.4) is 0 Å². The van der Waals surface area contributed by atoms with Crippen LogP contribution in [0.25, 0.3) is 5.57 Å². The molecular weight excluding hydrogens is 439 g/mol. The van der Waals surface area contributed by atoms with Crippen LogP contribution in [0.15, 0.2) is 146 Å². The van der Waals surface area contributed by atoms with Crippen molar-refractivity contribution in [1.29, 1.82) is 0 Å². The Morgan fingerprint density at radius 2 is 1.17 bits per heavy atom. The van der Waals surface area contributed by atoms with Gasteiger partial charge in [0.05, 0.1) is 15.8 Å². The Hall–Kier alpha value is -3.89. The maximum absolute atomic E-state index is 5.67. The Labute approximate surface area is 212 Å². The average Bonchev–Trinajstić information content (AvgIpc) is 3.46. The van der Waals surface area contributed by atoms with Gasteiger partial charge in [-0.25, -0.2) is 4.98 Å². The Kier molecular flexibility index (Phi) is 9.08. The minimum atomic E-state index is -0.317. The van der Waals surface area contributed by atoms with Gasteiger partial charge >= 0.3 is 0 Å². The van der Waals surface area contributed by atoms with E-state index in [0.717, 1.165) is 22.9 Å². The molecule has 0 saturated carbocycles. The highest BCUT2D eigenvalue weighted by atomic mass is 28.2. The summed E-state index contributed by atoms with van der Waals surface area (Å²) in [6, 6.07) is 42.0. The predicted molar refractivity (Wildman–Crippen MR) is 151 cm³/mol. The zero-order valence-electron chi connectivity index (χ0n) is 19.8. The molecule has 0 amide bonds. The summed E-state index contributed by atoms with van der Waals surface area (Å²) in [5.74, 6) is 1.66. The summed E-state index contributed by atoms with van der Waals surface area (Å²) in [4.78, 5) is 4.13. The van der Waals surface area contributed by atoms with E-state index >= 15 is 0 Å². The first-order valence-corrected chi connectivity index (χ1v) is 13.7. The molecule has 35 heavy (non-hydrogen) atoms. The van der Waals surface area contributed by atoms with Crippen LogP contribution in [0.5, 0.6) is 0 Å². The van der Waals surface area contributed by atoms with Crippen LogP contribution in [0, 0.1) is 0 Å². The summed E-state index contributed by atoms with van der Waals surface area (Å²) in [7, 11) is 5.36. The lowest BCUT2D eigenvalue weighted by atomic mass is 9.92. The number of nitrogens with zero attached hydrogens (tertiary/aromatic N) is 2. The number of hydrogen-bond acceptors (Lipinski definition) is 1. The summed E-state index contributed by atoms with van der Waals surface area (Å²) < 4.78 is 2.20. The van der Waals surface area contributed by atoms with E-state index in [2.05, 4.69) is 101 Å². The van der Waals surface area contributed by atoms with E-state index in [4.69, 9.17) is 7.85 Å². The summed E-state index contributed by atoms with van der Waals surface area (Å²) in [5, 5.41) is 0. The largest absolute Gasteiger partial charge is 0.341 e. The molecule has 0 unspecified atom stereocenters. The van der Waals surface area contributed by atoms with Crippen LogP contribution in [0.2, 0.25) is 0 Å². The van der Waals surface area contributed by atoms with Gasteiger partial charge in [0, 0.05) is 18.6 Å². The highest BCUT2D eigenvalue weighted by Gasteiger charge is 2.14. The van der Waals surface area contributed by atoms with Gasteiger partial charge in [-0.15, -0.1) is 5.98 Å². The Morgan fingerprint density at radius 1 is 0.714 bits per heavy atom. The van der Waals surface area contributed by atoms with Crippen molar-refractivity contribution >= 4 is 22.9 Å². The van der Waals surface area contributed by atoms with E-state index in [-0.39, 0.29) is 9.52 Å². The number of aromatic nitrogens is 2. The second-order valence-corrected chi connectivity index (χ2v) is 10.1. The molecular formula is C31H29BN2Si.